The van der Waals surface area contributed by atoms with Crippen LogP contribution in [0, 0.1) is 0 Å². The molecule has 1 heterocycles. The highest BCUT2D eigenvalue weighted by Gasteiger charge is 2.35. The van der Waals surface area contributed by atoms with Crippen molar-refractivity contribution in [1.82, 2.24) is 9.62 Å². The van der Waals surface area contributed by atoms with E-state index in [1.807, 2.05) is 4.72 Å². The minimum absolute atomic E-state index is 0.0306. The second-order valence-electron chi connectivity index (χ2n) is 4.83. The van der Waals surface area contributed by atoms with Gasteiger partial charge in [-0.05, 0) is 18.6 Å². The van der Waals surface area contributed by atoms with Gasteiger partial charge in [0, 0.05) is 19.5 Å². The van der Waals surface area contributed by atoms with E-state index < -0.39 is 22.0 Å². The van der Waals surface area contributed by atoms with Gasteiger partial charge in [-0.15, -0.1) is 0 Å². The number of halogens is 1. The van der Waals surface area contributed by atoms with Gasteiger partial charge in [-0.25, -0.2) is 13.1 Å². The maximum atomic E-state index is 12.3. The molecule has 1 N–H and O–H groups in total. The maximum absolute atomic E-state index is 12.3. The molecule has 1 aromatic carbocycles. The Morgan fingerprint density at radius 3 is 2.68 bits per heavy atom. The Bertz CT molecular complexity index is 719. The summed E-state index contributed by atoms with van der Waals surface area (Å²) in [6.07, 6.45) is 0.497. The normalized spacial score (nSPS) is 18.4. The summed E-state index contributed by atoms with van der Waals surface area (Å²) >= 11 is 5.88. The van der Waals surface area contributed by atoms with E-state index in [4.69, 9.17) is 16.3 Å². The number of benzene rings is 1. The van der Waals surface area contributed by atoms with Gasteiger partial charge in [0.1, 0.15) is 16.7 Å². The van der Waals surface area contributed by atoms with Gasteiger partial charge < -0.3 is 9.64 Å². The molecule has 22 heavy (non-hydrogen) atoms. The Kier molecular flexibility index (Phi) is 4.62. The summed E-state index contributed by atoms with van der Waals surface area (Å²) in [6, 6.07) is 3.30. The highest BCUT2D eigenvalue weighted by molar-refractivity contribution is 7.90. The van der Waals surface area contributed by atoms with Crippen LogP contribution in [-0.2, 0) is 19.6 Å². The monoisotopic (exact) mass is 346 g/mol. The average Bonchev–Trinajstić information content (AvgIpc) is 2.79. The third-order valence-corrected chi connectivity index (χ3v) is 5.29. The number of ether oxygens (including phenoxy) is 1. The highest BCUT2D eigenvalue weighted by atomic mass is 35.5. The molecular formula is C13H15ClN2O5S. The van der Waals surface area contributed by atoms with Crippen LogP contribution in [0.15, 0.2) is 23.1 Å². The Morgan fingerprint density at radius 2 is 2.14 bits per heavy atom. The zero-order valence-corrected chi connectivity index (χ0v) is 13.6. The summed E-state index contributed by atoms with van der Waals surface area (Å²) in [5.74, 6) is -0.658. The first-order valence-corrected chi connectivity index (χ1v) is 8.28. The number of carbonyl (C=O) groups is 2. The molecule has 0 saturated carbocycles. The van der Waals surface area contributed by atoms with Gasteiger partial charge in [0.05, 0.1) is 12.1 Å². The first kappa shape index (κ1) is 16.6. The summed E-state index contributed by atoms with van der Waals surface area (Å²) in [4.78, 5) is 24.5. The molecule has 120 valence electrons. The number of likely N-dealkylation sites (N-methyl/N-ethyl adjacent to an activating group) is 1. The molecule has 1 atom stereocenters. The lowest BCUT2D eigenvalue weighted by Gasteiger charge is -2.19. The van der Waals surface area contributed by atoms with Crippen molar-refractivity contribution in [3.63, 3.8) is 0 Å². The molecule has 0 aromatic heterocycles. The number of hydrogen-bond donors (Lipinski definition) is 1. The van der Waals surface area contributed by atoms with Gasteiger partial charge in [0.2, 0.25) is 5.91 Å². The van der Waals surface area contributed by atoms with Gasteiger partial charge in [0.15, 0.2) is 0 Å². The molecule has 1 fully saturated rings. The zero-order valence-electron chi connectivity index (χ0n) is 12.0. The quantitative estimate of drug-likeness (QED) is 0.869. The van der Waals surface area contributed by atoms with Crippen molar-refractivity contribution in [2.24, 2.45) is 0 Å². The van der Waals surface area contributed by atoms with Crippen LogP contribution < -0.4 is 9.46 Å². The van der Waals surface area contributed by atoms with E-state index in [9.17, 15) is 18.0 Å². The number of likely N-dealkylation sites (tertiary alicyclic amines) is 1. The molecule has 0 radical (unpaired) electrons. The molecule has 1 aliphatic heterocycles. The van der Waals surface area contributed by atoms with Crippen molar-refractivity contribution < 1.29 is 22.7 Å². The van der Waals surface area contributed by atoms with E-state index in [2.05, 4.69) is 0 Å². The van der Waals surface area contributed by atoms with Crippen LogP contribution >= 0.6 is 11.6 Å². The molecule has 7 nitrogen and oxygen atoms in total. The maximum Gasteiger partial charge on any atom is 0.265 e. The van der Waals surface area contributed by atoms with Crippen molar-refractivity contribution >= 4 is 33.4 Å². The fourth-order valence-corrected chi connectivity index (χ4v) is 3.71. The standard InChI is InChI=1S/C13H15ClN2O5S/c1-16-10(5-6-12(16)17)13(18)15-22(19,20)11-7-8(21-2)3-4-9(11)14/h3-4,7,10H,5-6H2,1-2H3,(H,15,18)/t10-/m1/s1. The van der Waals surface area contributed by atoms with Crippen LogP contribution in [-0.4, -0.2) is 45.3 Å². The minimum atomic E-state index is -4.15. The van der Waals surface area contributed by atoms with Crippen LogP contribution in [0.3, 0.4) is 0 Å². The number of sulfonamides is 1. The van der Waals surface area contributed by atoms with Crippen LogP contribution in [0.2, 0.25) is 5.02 Å². The van der Waals surface area contributed by atoms with E-state index in [-0.39, 0.29) is 28.7 Å². The van der Waals surface area contributed by atoms with Crippen molar-refractivity contribution in [3.05, 3.63) is 23.2 Å². The summed E-state index contributed by atoms with van der Waals surface area (Å²) in [5, 5.41) is -0.0306. The summed E-state index contributed by atoms with van der Waals surface area (Å²) in [6.45, 7) is 0. The lowest BCUT2D eigenvalue weighted by molar-refractivity contribution is -0.133. The Balaban J connectivity index is 2.25. The first-order valence-electron chi connectivity index (χ1n) is 6.42. The molecule has 2 amide bonds. The molecular weight excluding hydrogens is 332 g/mol. The topological polar surface area (TPSA) is 92.8 Å². The van der Waals surface area contributed by atoms with Crippen LogP contribution in [0.4, 0.5) is 0 Å². The van der Waals surface area contributed by atoms with Gasteiger partial charge in [0.25, 0.3) is 15.9 Å². The second-order valence-corrected chi connectivity index (χ2v) is 6.88. The Labute approximate surface area is 133 Å². The van der Waals surface area contributed by atoms with Crippen molar-refractivity contribution in [3.8, 4) is 5.75 Å². The third-order valence-electron chi connectivity index (χ3n) is 3.46. The number of carbonyl (C=O) groups excluding carboxylic acids is 2. The predicted octanol–water partition coefficient (Wildman–Crippen LogP) is 0.774. The lowest BCUT2D eigenvalue weighted by Crippen LogP contribution is -2.44. The number of methoxy groups -OCH3 is 1. The summed E-state index contributed by atoms with van der Waals surface area (Å²) in [7, 11) is -1.30. The molecule has 2 rings (SSSR count). The van der Waals surface area contributed by atoms with Crippen LogP contribution in [0.25, 0.3) is 0 Å². The number of rotatable bonds is 4. The smallest absolute Gasteiger partial charge is 0.265 e. The van der Waals surface area contributed by atoms with Crippen molar-refractivity contribution in [2.75, 3.05) is 14.2 Å². The largest absolute Gasteiger partial charge is 0.497 e. The van der Waals surface area contributed by atoms with E-state index in [0.717, 1.165) is 0 Å². The molecule has 0 aliphatic carbocycles. The molecule has 1 aliphatic rings. The number of nitrogens with zero attached hydrogens (tertiary/aromatic N) is 1. The SMILES string of the molecule is COc1ccc(Cl)c(S(=O)(=O)NC(=O)[C@H]2CCC(=O)N2C)c1. The predicted molar refractivity (Wildman–Crippen MR) is 79.1 cm³/mol. The van der Waals surface area contributed by atoms with Gasteiger partial charge in [-0.2, -0.15) is 0 Å². The van der Waals surface area contributed by atoms with E-state index in [0.29, 0.717) is 5.75 Å². The molecule has 9 heteroatoms. The molecule has 1 aromatic rings. The second kappa shape index (κ2) is 6.13. The Hall–Kier alpha value is -1.80. The Morgan fingerprint density at radius 1 is 1.45 bits per heavy atom. The number of amides is 2. The highest BCUT2D eigenvalue weighted by Crippen LogP contribution is 2.26. The van der Waals surface area contributed by atoms with E-state index in [1.54, 1.807) is 0 Å². The third kappa shape index (κ3) is 3.17. The average molecular weight is 347 g/mol. The minimum Gasteiger partial charge on any atom is -0.497 e. The lowest BCUT2D eigenvalue weighted by atomic mass is 10.2. The van der Waals surface area contributed by atoms with Crippen molar-refractivity contribution in [1.29, 1.82) is 0 Å². The summed E-state index contributed by atoms with van der Waals surface area (Å²) in [5.41, 5.74) is 0. The summed E-state index contributed by atoms with van der Waals surface area (Å²) < 4.78 is 31.5. The van der Waals surface area contributed by atoms with Gasteiger partial charge in [-0.1, -0.05) is 11.6 Å². The van der Waals surface area contributed by atoms with E-state index in [1.165, 1.54) is 37.3 Å². The van der Waals surface area contributed by atoms with Gasteiger partial charge in [-0.3, -0.25) is 9.59 Å². The zero-order chi connectivity index (χ0) is 16.5. The van der Waals surface area contributed by atoms with Crippen molar-refractivity contribution in [2.45, 2.75) is 23.8 Å². The van der Waals surface area contributed by atoms with Crippen LogP contribution in [0.1, 0.15) is 12.8 Å². The molecule has 0 bridgehead atoms. The molecule has 0 unspecified atom stereocenters. The van der Waals surface area contributed by atoms with Gasteiger partial charge >= 0.3 is 0 Å². The van der Waals surface area contributed by atoms with Crippen LogP contribution in [0.5, 0.6) is 5.75 Å². The number of hydrogen-bond acceptors (Lipinski definition) is 5. The fourth-order valence-electron chi connectivity index (χ4n) is 2.18. The molecule has 0 spiro atoms. The number of nitrogens with one attached hydrogen (secondary N) is 1. The fraction of sp³-hybridized carbons (Fsp3) is 0.385. The molecule has 1 saturated heterocycles. The first-order chi connectivity index (χ1) is 10.3. The van der Waals surface area contributed by atoms with E-state index >= 15 is 0 Å².